The van der Waals surface area contributed by atoms with Gasteiger partial charge in [-0.1, -0.05) is 24.1 Å². The van der Waals surface area contributed by atoms with Gasteiger partial charge in [-0.2, -0.15) is 0 Å². The van der Waals surface area contributed by atoms with Crippen molar-refractivity contribution in [3.63, 3.8) is 0 Å². The molecule has 0 atom stereocenters. The highest BCUT2D eigenvalue weighted by atomic mass is 14.8. The zero-order valence-electron chi connectivity index (χ0n) is 17.3. The molecule has 0 amide bonds. The topological polar surface area (TPSA) is 57.4 Å². The summed E-state index contributed by atoms with van der Waals surface area (Å²) in [5.74, 6) is 2.53. The van der Waals surface area contributed by atoms with Crippen molar-refractivity contribution in [3.8, 4) is 12.3 Å². The van der Waals surface area contributed by atoms with Gasteiger partial charge in [0.15, 0.2) is 0 Å². The van der Waals surface area contributed by atoms with E-state index in [1.807, 2.05) is 72.8 Å². The second-order valence-corrected chi connectivity index (χ2v) is 7.42. The van der Waals surface area contributed by atoms with Gasteiger partial charge >= 0.3 is 0 Å². The quantitative estimate of drug-likeness (QED) is 0.287. The predicted octanol–water partition coefficient (Wildman–Crippen LogP) is 6.32. The molecule has 0 saturated carbocycles. The third kappa shape index (κ3) is 4.58. The van der Waals surface area contributed by atoms with Crippen molar-refractivity contribution in [1.29, 1.82) is 0 Å². The highest BCUT2D eigenvalue weighted by Gasteiger charge is 2.02. The third-order valence-corrected chi connectivity index (χ3v) is 4.98. The molecule has 2 aliphatic rings. The van der Waals surface area contributed by atoms with Crippen molar-refractivity contribution in [2.24, 2.45) is 0 Å². The van der Waals surface area contributed by atoms with Gasteiger partial charge < -0.3 is 9.97 Å². The molecule has 4 heteroatoms. The van der Waals surface area contributed by atoms with Crippen molar-refractivity contribution in [2.45, 2.75) is 0 Å². The van der Waals surface area contributed by atoms with E-state index in [9.17, 15) is 0 Å². The molecule has 0 saturated heterocycles. The minimum Gasteiger partial charge on any atom is -0.355 e. The van der Waals surface area contributed by atoms with E-state index >= 15 is 0 Å². The minimum atomic E-state index is 0.915. The predicted molar refractivity (Wildman–Crippen MR) is 133 cm³/mol. The number of nitrogens with zero attached hydrogens (tertiary/aromatic N) is 2. The number of hydrogen-bond donors (Lipinski definition) is 2. The molecule has 152 valence electrons. The maximum atomic E-state index is 5.10. The second kappa shape index (κ2) is 8.63. The lowest BCUT2D eigenvalue weighted by molar-refractivity contribution is 1.28. The Morgan fingerprint density at radius 2 is 0.969 bits per heavy atom. The zero-order valence-corrected chi connectivity index (χ0v) is 17.3. The molecular weight excluding hydrogens is 392 g/mol. The number of hydrogen-bond acceptors (Lipinski definition) is 2. The molecule has 5 heterocycles. The van der Waals surface area contributed by atoms with Crippen molar-refractivity contribution < 1.29 is 0 Å². The van der Waals surface area contributed by atoms with Gasteiger partial charge in [0, 0.05) is 27.6 Å². The Kier molecular flexibility index (Phi) is 5.22. The van der Waals surface area contributed by atoms with Crippen molar-refractivity contribution in [3.05, 3.63) is 107 Å². The van der Waals surface area contributed by atoms with Crippen LogP contribution in [-0.4, -0.2) is 19.9 Å². The number of aromatic nitrogens is 4. The van der Waals surface area contributed by atoms with E-state index < -0.39 is 0 Å². The van der Waals surface area contributed by atoms with E-state index in [4.69, 9.17) is 6.42 Å². The average molecular weight is 412 g/mol. The lowest BCUT2D eigenvalue weighted by atomic mass is 10.2. The average Bonchev–Trinajstić information content (AvgIpc) is 3.61. The van der Waals surface area contributed by atoms with Crippen LogP contribution in [0.25, 0.3) is 46.4 Å². The summed E-state index contributed by atoms with van der Waals surface area (Å²) in [6.45, 7) is 0. The summed E-state index contributed by atoms with van der Waals surface area (Å²) in [6.07, 6.45) is 13.1. The number of terminal acetylenes is 1. The third-order valence-electron chi connectivity index (χ3n) is 4.98. The van der Waals surface area contributed by atoms with Gasteiger partial charge in [-0.15, -0.1) is 6.42 Å². The molecule has 4 aromatic rings. The fourth-order valence-electron chi connectivity index (χ4n) is 3.48. The number of nitrogens with one attached hydrogen (secondary N) is 2. The lowest BCUT2D eigenvalue weighted by Gasteiger charge is -1.86. The maximum absolute atomic E-state index is 5.10. The summed E-state index contributed by atoms with van der Waals surface area (Å²) >= 11 is 0. The van der Waals surface area contributed by atoms with Gasteiger partial charge in [0.2, 0.25) is 0 Å². The van der Waals surface area contributed by atoms with Crippen LogP contribution >= 0.6 is 0 Å². The molecular formula is C28H20N4. The first-order valence-corrected chi connectivity index (χ1v) is 10.3. The van der Waals surface area contributed by atoms with Crippen LogP contribution in [0.5, 0.6) is 0 Å². The van der Waals surface area contributed by atoms with Gasteiger partial charge in [-0.25, -0.2) is 9.97 Å². The fraction of sp³-hybridized carbons (Fsp3) is 0. The van der Waals surface area contributed by atoms with E-state index in [0.717, 1.165) is 50.4 Å². The highest BCUT2D eigenvalue weighted by molar-refractivity contribution is 5.77. The number of benzene rings is 1. The van der Waals surface area contributed by atoms with E-state index in [1.54, 1.807) is 0 Å². The largest absolute Gasteiger partial charge is 0.355 e. The zero-order chi connectivity index (χ0) is 21.8. The number of fused-ring (bicyclic) bond motifs is 8. The molecule has 2 N–H and O–H groups in total. The van der Waals surface area contributed by atoms with E-state index in [-0.39, 0.29) is 0 Å². The molecule has 0 unspecified atom stereocenters. The van der Waals surface area contributed by atoms with Gasteiger partial charge in [-0.3, -0.25) is 0 Å². The Bertz CT molecular complexity index is 1440. The molecule has 0 spiro atoms. The number of aromatic amines is 2. The first-order chi connectivity index (χ1) is 15.7. The van der Waals surface area contributed by atoms with Crippen LogP contribution in [0.3, 0.4) is 0 Å². The summed E-state index contributed by atoms with van der Waals surface area (Å²) in [5, 5.41) is 0. The number of rotatable bonds is 0. The van der Waals surface area contributed by atoms with E-state index in [2.05, 4.69) is 56.2 Å². The fourth-order valence-corrected chi connectivity index (χ4v) is 3.48. The molecule has 8 bridgehead atoms. The molecule has 0 radical (unpaired) electrons. The SMILES string of the molecule is C#Cc1ccccc1.C1=Cc2cc3ccc(cc4ccc(cc5nc(cc1n2)C=C5)[nH]4)[nH]3. The molecule has 3 aromatic heterocycles. The molecule has 0 aliphatic carbocycles. The summed E-state index contributed by atoms with van der Waals surface area (Å²) in [4.78, 5) is 16.0. The Labute approximate surface area is 186 Å². The monoisotopic (exact) mass is 412 g/mol. The Hall–Kier alpha value is -4.62. The summed E-state index contributed by atoms with van der Waals surface area (Å²) in [7, 11) is 0. The lowest BCUT2D eigenvalue weighted by Crippen LogP contribution is -1.77. The van der Waals surface area contributed by atoms with Gasteiger partial charge in [-0.05, 0) is 85.0 Å². The number of H-pyrrole nitrogens is 2. The minimum absolute atomic E-state index is 0.915. The molecule has 0 fully saturated rings. The summed E-state index contributed by atoms with van der Waals surface area (Å²) in [6, 6.07) is 26.0. The highest BCUT2D eigenvalue weighted by Crippen LogP contribution is 2.17. The first-order valence-electron chi connectivity index (χ1n) is 10.3. The Morgan fingerprint density at radius 1 is 0.531 bits per heavy atom. The molecule has 6 rings (SSSR count). The van der Waals surface area contributed by atoms with Gasteiger partial charge in [0.25, 0.3) is 0 Å². The second-order valence-electron chi connectivity index (χ2n) is 7.42. The van der Waals surface area contributed by atoms with Crippen molar-refractivity contribution in [1.82, 2.24) is 19.9 Å². The molecule has 2 aliphatic heterocycles. The normalized spacial score (nSPS) is 11.5. The molecule has 1 aromatic carbocycles. The van der Waals surface area contributed by atoms with Crippen LogP contribution in [0.2, 0.25) is 0 Å². The standard InChI is InChI=1S/C20H14N4.C8H6/c1-2-14-10-16-5-6-18(23-16)12-20-8-7-19(24-20)11-17-4-3-15(22-17)9-13(1)21-14;1-2-8-6-4-3-5-7-8/h1-12,21-22H;1,3-7H. The van der Waals surface area contributed by atoms with E-state index in [0.29, 0.717) is 0 Å². The van der Waals surface area contributed by atoms with Crippen LogP contribution in [-0.2, 0) is 0 Å². The molecule has 4 nitrogen and oxygen atoms in total. The molecule has 32 heavy (non-hydrogen) atoms. The van der Waals surface area contributed by atoms with Crippen LogP contribution in [0.4, 0.5) is 0 Å². The summed E-state index contributed by atoms with van der Waals surface area (Å²) in [5.41, 5.74) is 8.80. The van der Waals surface area contributed by atoms with Crippen LogP contribution < -0.4 is 0 Å². The summed E-state index contributed by atoms with van der Waals surface area (Å²) < 4.78 is 0. The van der Waals surface area contributed by atoms with Crippen molar-refractivity contribution >= 4 is 46.4 Å². The Balaban J connectivity index is 0.000000230. The van der Waals surface area contributed by atoms with Gasteiger partial charge in [0.1, 0.15) is 0 Å². The van der Waals surface area contributed by atoms with Gasteiger partial charge in [0.05, 0.1) is 22.8 Å². The van der Waals surface area contributed by atoms with Crippen LogP contribution in [0, 0.1) is 12.3 Å². The van der Waals surface area contributed by atoms with Crippen LogP contribution in [0.1, 0.15) is 28.3 Å². The first kappa shape index (κ1) is 19.3. The van der Waals surface area contributed by atoms with Crippen molar-refractivity contribution in [2.75, 3.05) is 0 Å². The van der Waals surface area contributed by atoms with Crippen LogP contribution in [0.15, 0.2) is 78.9 Å². The van der Waals surface area contributed by atoms with E-state index in [1.165, 1.54) is 0 Å². The Morgan fingerprint density at radius 3 is 1.41 bits per heavy atom. The maximum Gasteiger partial charge on any atom is 0.0659 e. The smallest absolute Gasteiger partial charge is 0.0659 e.